The van der Waals surface area contributed by atoms with E-state index < -0.39 is 5.82 Å². The number of aromatic nitrogens is 3. The summed E-state index contributed by atoms with van der Waals surface area (Å²) >= 11 is 0. The standard InChI is InChI=1S/C17H17FN6O/c1-10(2)6-12-8-24(21-20-12)15-16-22(3)17(25)13-7-11(18)4-5-14(13)23(16)9-19-15/h4-5,7-10H,6H2,1-3H3/p+1. The lowest BCUT2D eigenvalue weighted by molar-refractivity contribution is -0.685. The fraction of sp³-hybridized carbons (Fsp3) is 0.294. The van der Waals surface area contributed by atoms with Gasteiger partial charge in [-0.05, 0) is 24.5 Å². The zero-order chi connectivity index (χ0) is 17.7. The van der Waals surface area contributed by atoms with Crippen LogP contribution in [0.15, 0.2) is 35.2 Å². The van der Waals surface area contributed by atoms with Crippen LogP contribution in [0.4, 0.5) is 10.1 Å². The number of carbonyl (C=O) groups is 1. The highest BCUT2D eigenvalue weighted by Crippen LogP contribution is 2.26. The molecule has 1 amide bonds. The number of nitrogens with one attached hydrogen (secondary N) is 1. The van der Waals surface area contributed by atoms with Gasteiger partial charge in [0.15, 0.2) is 5.69 Å². The maximum Gasteiger partial charge on any atom is 0.268 e. The summed E-state index contributed by atoms with van der Waals surface area (Å²) in [6.45, 7) is 4.23. The molecule has 4 rings (SSSR count). The Morgan fingerprint density at radius 3 is 2.88 bits per heavy atom. The number of amides is 1. The summed E-state index contributed by atoms with van der Waals surface area (Å²) in [6, 6.07) is 4.23. The van der Waals surface area contributed by atoms with Crippen molar-refractivity contribution < 1.29 is 14.1 Å². The molecule has 1 atom stereocenters. The van der Waals surface area contributed by atoms with Crippen molar-refractivity contribution in [1.29, 1.82) is 0 Å². The summed E-state index contributed by atoms with van der Waals surface area (Å²) in [6.07, 6.45) is 4.34. The first kappa shape index (κ1) is 15.6. The maximum absolute atomic E-state index is 13.5. The number of rotatable bonds is 3. The molecule has 128 valence electrons. The first-order valence-electron chi connectivity index (χ1n) is 8.11. The third-order valence-electron chi connectivity index (χ3n) is 4.30. The van der Waals surface area contributed by atoms with E-state index in [4.69, 9.17) is 0 Å². The minimum absolute atomic E-state index is 0.265. The molecule has 1 unspecified atom stereocenters. The number of nitrogens with zero attached hydrogens (tertiary/aromatic N) is 5. The Kier molecular flexibility index (Phi) is 3.50. The molecule has 0 spiro atoms. The second kappa shape index (κ2) is 5.59. The SMILES string of the molecule is CC(C)Cc1cn(C2=C3N(C)C(=O)c4cc(F)ccc4[NH+]3C=N2)nn1. The normalized spacial score (nSPS) is 19.0. The molecule has 0 bridgehead atoms. The van der Waals surface area contributed by atoms with E-state index >= 15 is 0 Å². The van der Waals surface area contributed by atoms with Crippen molar-refractivity contribution in [3.63, 3.8) is 0 Å². The number of aliphatic imine (C=N–C) groups is 1. The van der Waals surface area contributed by atoms with Crippen LogP contribution in [0, 0.1) is 11.7 Å². The molecule has 1 N–H and O–H groups in total. The maximum atomic E-state index is 13.5. The Morgan fingerprint density at radius 2 is 2.12 bits per heavy atom. The Hall–Kier alpha value is -2.87. The van der Waals surface area contributed by atoms with Gasteiger partial charge < -0.3 is 0 Å². The molecule has 2 aliphatic heterocycles. The lowest BCUT2D eigenvalue weighted by Crippen LogP contribution is -3.06. The Balaban J connectivity index is 1.80. The van der Waals surface area contributed by atoms with Crippen molar-refractivity contribution in [3.05, 3.63) is 47.3 Å². The van der Waals surface area contributed by atoms with Gasteiger partial charge in [0.1, 0.15) is 11.4 Å². The van der Waals surface area contributed by atoms with E-state index in [1.54, 1.807) is 24.1 Å². The number of carbonyl (C=O) groups excluding carboxylic acids is 1. The number of halogens is 1. The number of quaternary nitrogens is 1. The number of fused-ring (bicyclic) bond motifs is 3. The van der Waals surface area contributed by atoms with Crippen molar-refractivity contribution in [2.75, 3.05) is 7.05 Å². The summed E-state index contributed by atoms with van der Waals surface area (Å²) < 4.78 is 15.1. The summed E-state index contributed by atoms with van der Waals surface area (Å²) in [5.74, 6) is 0.975. The number of hydrogen-bond donors (Lipinski definition) is 1. The summed E-state index contributed by atoms with van der Waals surface area (Å²) in [5, 5.41) is 8.34. The lowest BCUT2D eigenvalue weighted by Gasteiger charge is -2.28. The van der Waals surface area contributed by atoms with E-state index in [1.165, 1.54) is 17.0 Å². The van der Waals surface area contributed by atoms with Crippen LogP contribution in [0.5, 0.6) is 0 Å². The van der Waals surface area contributed by atoms with Gasteiger partial charge >= 0.3 is 0 Å². The predicted octanol–water partition coefficient (Wildman–Crippen LogP) is 1.04. The highest BCUT2D eigenvalue weighted by Gasteiger charge is 2.42. The molecular formula is C17H18FN6O+. The van der Waals surface area contributed by atoms with Crippen molar-refractivity contribution >= 4 is 23.8 Å². The molecule has 7 nitrogen and oxygen atoms in total. The van der Waals surface area contributed by atoms with Crippen molar-refractivity contribution in [2.45, 2.75) is 20.3 Å². The molecule has 25 heavy (non-hydrogen) atoms. The smallest absolute Gasteiger partial charge is 0.268 e. The van der Waals surface area contributed by atoms with Gasteiger partial charge in [-0.25, -0.2) is 9.29 Å². The molecule has 0 saturated carbocycles. The Morgan fingerprint density at radius 1 is 1.32 bits per heavy atom. The van der Waals surface area contributed by atoms with E-state index in [0.717, 1.165) is 17.0 Å². The van der Waals surface area contributed by atoms with Gasteiger partial charge in [0, 0.05) is 13.1 Å². The van der Waals surface area contributed by atoms with E-state index in [0.29, 0.717) is 28.8 Å². The summed E-state index contributed by atoms with van der Waals surface area (Å²) in [4.78, 5) is 19.4. The second-order valence-electron chi connectivity index (χ2n) is 6.65. The first-order valence-corrected chi connectivity index (χ1v) is 8.11. The van der Waals surface area contributed by atoms with Gasteiger partial charge in [0.2, 0.25) is 12.2 Å². The highest BCUT2D eigenvalue weighted by molar-refractivity contribution is 6.01. The molecule has 0 aliphatic carbocycles. The van der Waals surface area contributed by atoms with Crippen molar-refractivity contribution in [3.8, 4) is 0 Å². The quantitative estimate of drug-likeness (QED) is 0.907. The predicted molar refractivity (Wildman–Crippen MR) is 89.4 cm³/mol. The van der Waals surface area contributed by atoms with Crippen LogP contribution >= 0.6 is 0 Å². The fourth-order valence-electron chi connectivity index (χ4n) is 3.19. The molecule has 0 radical (unpaired) electrons. The Labute approximate surface area is 144 Å². The van der Waals surface area contributed by atoms with Gasteiger partial charge in [-0.3, -0.25) is 9.69 Å². The van der Waals surface area contributed by atoms with Gasteiger partial charge in [-0.1, -0.05) is 19.1 Å². The van der Waals surface area contributed by atoms with Crippen LogP contribution in [0.1, 0.15) is 29.9 Å². The summed E-state index contributed by atoms with van der Waals surface area (Å²) in [5.41, 5.74) is 1.90. The van der Waals surface area contributed by atoms with Crippen LogP contribution in [-0.2, 0) is 6.42 Å². The molecule has 0 saturated heterocycles. The molecule has 3 heterocycles. The average Bonchev–Trinajstić information content (AvgIpc) is 3.18. The molecule has 2 aromatic rings. The van der Waals surface area contributed by atoms with Gasteiger partial charge in [-0.15, -0.1) is 5.10 Å². The van der Waals surface area contributed by atoms with Crippen LogP contribution in [0.3, 0.4) is 0 Å². The van der Waals surface area contributed by atoms with Crippen molar-refractivity contribution in [2.24, 2.45) is 10.9 Å². The molecule has 8 heteroatoms. The second-order valence-corrected chi connectivity index (χ2v) is 6.65. The van der Waals surface area contributed by atoms with Crippen molar-refractivity contribution in [1.82, 2.24) is 19.9 Å². The molecule has 1 aromatic heterocycles. The Bertz CT molecular complexity index is 929. The largest absolute Gasteiger partial charge is 0.268 e. The molecular weight excluding hydrogens is 323 g/mol. The topological polar surface area (TPSA) is 67.8 Å². The van der Waals surface area contributed by atoms with E-state index in [2.05, 4.69) is 29.2 Å². The van der Waals surface area contributed by atoms with Gasteiger partial charge in [-0.2, -0.15) is 9.67 Å². The van der Waals surface area contributed by atoms with Gasteiger partial charge in [0.05, 0.1) is 11.9 Å². The van der Waals surface area contributed by atoms with Crippen LogP contribution in [-0.4, -0.2) is 39.2 Å². The highest BCUT2D eigenvalue weighted by atomic mass is 19.1. The number of benzene rings is 1. The zero-order valence-corrected chi connectivity index (χ0v) is 14.2. The average molecular weight is 341 g/mol. The minimum Gasteiger partial charge on any atom is -0.268 e. The molecule has 1 aromatic carbocycles. The van der Waals surface area contributed by atoms with E-state index in [9.17, 15) is 9.18 Å². The summed E-state index contributed by atoms with van der Waals surface area (Å²) in [7, 11) is 1.66. The van der Waals surface area contributed by atoms with Crippen LogP contribution < -0.4 is 4.90 Å². The monoisotopic (exact) mass is 341 g/mol. The molecule has 2 aliphatic rings. The van der Waals surface area contributed by atoms with Gasteiger partial charge in [0.25, 0.3) is 11.7 Å². The first-order chi connectivity index (χ1) is 12.0. The third kappa shape index (κ3) is 2.45. The number of hydrogen-bond acceptors (Lipinski definition) is 4. The molecule has 0 fully saturated rings. The fourth-order valence-corrected chi connectivity index (χ4v) is 3.19. The third-order valence-corrected chi connectivity index (χ3v) is 4.30. The van der Waals surface area contributed by atoms with Crippen LogP contribution in [0.25, 0.3) is 5.82 Å². The van der Waals surface area contributed by atoms with E-state index in [-0.39, 0.29) is 5.91 Å². The zero-order valence-electron chi connectivity index (χ0n) is 14.2. The van der Waals surface area contributed by atoms with E-state index in [1.807, 2.05) is 6.20 Å². The lowest BCUT2D eigenvalue weighted by atomic mass is 10.1. The van der Waals surface area contributed by atoms with Crippen LogP contribution in [0.2, 0.25) is 0 Å². The minimum atomic E-state index is -0.432.